The first-order chi connectivity index (χ1) is 13.2. The van der Waals surface area contributed by atoms with Crippen molar-refractivity contribution in [2.24, 2.45) is 0 Å². The molecule has 28 heavy (non-hydrogen) atoms. The number of rotatable bonds is 4. The highest BCUT2D eigenvalue weighted by Crippen LogP contribution is 2.32. The Labute approximate surface area is 160 Å². The second kappa shape index (κ2) is 7.30. The van der Waals surface area contributed by atoms with E-state index in [1.165, 1.54) is 12.1 Å². The number of aromatic nitrogens is 3. The van der Waals surface area contributed by atoms with E-state index >= 15 is 0 Å². The zero-order valence-electron chi connectivity index (χ0n) is 15.5. The third kappa shape index (κ3) is 3.95. The van der Waals surface area contributed by atoms with Gasteiger partial charge in [-0.2, -0.15) is 13.8 Å². The molecule has 0 unspecified atom stereocenters. The van der Waals surface area contributed by atoms with E-state index in [4.69, 9.17) is 0 Å². The molecule has 0 aliphatic carbocycles. The average Bonchev–Trinajstić information content (AvgIpc) is 2.61. The normalized spacial score (nSPS) is 11.3. The SMILES string of the molecule is CC(C)(C)N(c1cccc(C(=O)O)n1)c1cccc(-c2ccc(F)nc2F)n1. The Kier molecular flexibility index (Phi) is 5.04. The highest BCUT2D eigenvalue weighted by atomic mass is 19.1. The van der Waals surface area contributed by atoms with E-state index in [0.717, 1.165) is 6.07 Å². The Morgan fingerprint density at radius 1 is 0.929 bits per heavy atom. The van der Waals surface area contributed by atoms with Crippen molar-refractivity contribution in [1.29, 1.82) is 0 Å². The molecule has 0 saturated carbocycles. The van der Waals surface area contributed by atoms with Crippen LogP contribution in [0.15, 0.2) is 48.5 Å². The van der Waals surface area contributed by atoms with Gasteiger partial charge in [0.15, 0.2) is 5.69 Å². The smallest absolute Gasteiger partial charge is 0.354 e. The van der Waals surface area contributed by atoms with Crippen LogP contribution in [-0.2, 0) is 0 Å². The summed E-state index contributed by atoms with van der Waals surface area (Å²) in [5.74, 6) is -2.20. The quantitative estimate of drug-likeness (QED) is 0.670. The molecule has 3 aromatic heterocycles. The summed E-state index contributed by atoms with van der Waals surface area (Å²) in [5.41, 5.74) is -0.290. The molecule has 1 N–H and O–H groups in total. The van der Waals surface area contributed by atoms with Gasteiger partial charge in [-0.05, 0) is 57.2 Å². The third-order valence-corrected chi connectivity index (χ3v) is 3.91. The molecule has 3 heterocycles. The van der Waals surface area contributed by atoms with E-state index < -0.39 is 23.4 Å². The lowest BCUT2D eigenvalue weighted by molar-refractivity contribution is 0.0690. The topological polar surface area (TPSA) is 79.2 Å². The molecule has 0 aromatic carbocycles. The molecule has 0 radical (unpaired) electrons. The number of anilines is 2. The van der Waals surface area contributed by atoms with Crippen molar-refractivity contribution in [3.05, 3.63) is 66.1 Å². The third-order valence-electron chi connectivity index (χ3n) is 3.91. The standard InChI is InChI=1S/C20H18F2N4O2/c1-20(2,3)26(17-9-5-7-14(24-17)19(27)28)16-8-4-6-13(23-16)12-10-11-15(21)25-18(12)22/h4-11H,1-3H3,(H,27,28). The fraction of sp³-hybridized carbons (Fsp3) is 0.200. The van der Waals surface area contributed by atoms with Gasteiger partial charge in [0, 0.05) is 5.54 Å². The van der Waals surface area contributed by atoms with Crippen molar-refractivity contribution in [3.63, 3.8) is 0 Å². The summed E-state index contributed by atoms with van der Waals surface area (Å²) in [7, 11) is 0. The summed E-state index contributed by atoms with van der Waals surface area (Å²) >= 11 is 0. The molecule has 3 rings (SSSR count). The number of nitrogens with zero attached hydrogens (tertiary/aromatic N) is 4. The fourth-order valence-corrected chi connectivity index (χ4v) is 2.77. The van der Waals surface area contributed by atoms with Crippen LogP contribution in [-0.4, -0.2) is 31.6 Å². The first-order valence-electron chi connectivity index (χ1n) is 8.47. The van der Waals surface area contributed by atoms with Crippen molar-refractivity contribution in [2.75, 3.05) is 4.90 Å². The minimum Gasteiger partial charge on any atom is -0.477 e. The van der Waals surface area contributed by atoms with E-state index in [2.05, 4.69) is 15.0 Å². The van der Waals surface area contributed by atoms with E-state index in [9.17, 15) is 18.7 Å². The van der Waals surface area contributed by atoms with Crippen molar-refractivity contribution < 1.29 is 18.7 Å². The summed E-state index contributed by atoms with van der Waals surface area (Å²) in [5, 5.41) is 9.23. The summed E-state index contributed by atoms with van der Waals surface area (Å²) in [6, 6.07) is 12.0. The zero-order valence-corrected chi connectivity index (χ0v) is 15.5. The summed E-state index contributed by atoms with van der Waals surface area (Å²) in [6.45, 7) is 5.74. The maximum atomic E-state index is 14.1. The fourth-order valence-electron chi connectivity index (χ4n) is 2.77. The largest absolute Gasteiger partial charge is 0.477 e. The zero-order chi connectivity index (χ0) is 20.5. The van der Waals surface area contributed by atoms with Crippen LogP contribution in [0.3, 0.4) is 0 Å². The Morgan fingerprint density at radius 3 is 2.18 bits per heavy atom. The van der Waals surface area contributed by atoms with Gasteiger partial charge < -0.3 is 10.0 Å². The maximum Gasteiger partial charge on any atom is 0.354 e. The Morgan fingerprint density at radius 2 is 1.57 bits per heavy atom. The van der Waals surface area contributed by atoms with Crippen molar-refractivity contribution >= 4 is 17.6 Å². The van der Waals surface area contributed by atoms with Crippen molar-refractivity contribution in [1.82, 2.24) is 15.0 Å². The molecule has 0 amide bonds. The summed E-state index contributed by atoms with van der Waals surface area (Å²) < 4.78 is 27.2. The Balaban J connectivity index is 2.12. The number of carboxylic acid groups (broad SMARTS) is 1. The van der Waals surface area contributed by atoms with Gasteiger partial charge in [0.1, 0.15) is 11.6 Å². The number of hydrogen-bond donors (Lipinski definition) is 1. The van der Waals surface area contributed by atoms with Crippen LogP contribution in [0, 0.1) is 11.9 Å². The van der Waals surface area contributed by atoms with Gasteiger partial charge in [0.2, 0.25) is 11.9 Å². The second-order valence-electron chi connectivity index (χ2n) is 7.05. The first kappa shape index (κ1) is 19.3. The monoisotopic (exact) mass is 384 g/mol. The average molecular weight is 384 g/mol. The minimum atomic E-state index is -1.14. The summed E-state index contributed by atoms with van der Waals surface area (Å²) in [6.07, 6.45) is 0. The summed E-state index contributed by atoms with van der Waals surface area (Å²) in [4.78, 5) is 24.9. The molecular weight excluding hydrogens is 366 g/mol. The highest BCUT2D eigenvalue weighted by Gasteiger charge is 2.27. The molecule has 3 aromatic rings. The first-order valence-corrected chi connectivity index (χ1v) is 8.47. The predicted molar refractivity (Wildman–Crippen MR) is 100 cm³/mol. The molecule has 0 fully saturated rings. The molecule has 144 valence electrons. The Bertz CT molecular complexity index is 1030. The van der Waals surface area contributed by atoms with Crippen LogP contribution in [0.5, 0.6) is 0 Å². The van der Waals surface area contributed by atoms with Gasteiger partial charge in [0.25, 0.3) is 0 Å². The number of aromatic carboxylic acids is 1. The highest BCUT2D eigenvalue weighted by molar-refractivity contribution is 5.86. The van der Waals surface area contributed by atoms with E-state index in [1.54, 1.807) is 35.2 Å². The van der Waals surface area contributed by atoms with Crippen LogP contribution in [0.1, 0.15) is 31.3 Å². The van der Waals surface area contributed by atoms with Crippen LogP contribution in [0.2, 0.25) is 0 Å². The molecule has 6 nitrogen and oxygen atoms in total. The molecule has 0 aliphatic rings. The molecule has 0 bridgehead atoms. The van der Waals surface area contributed by atoms with Gasteiger partial charge in [0.05, 0.1) is 11.3 Å². The van der Waals surface area contributed by atoms with Crippen molar-refractivity contribution in [2.45, 2.75) is 26.3 Å². The van der Waals surface area contributed by atoms with Crippen LogP contribution < -0.4 is 4.90 Å². The molecule has 0 atom stereocenters. The molecular formula is C20H18F2N4O2. The van der Waals surface area contributed by atoms with Crippen LogP contribution >= 0.6 is 0 Å². The van der Waals surface area contributed by atoms with Gasteiger partial charge in [-0.25, -0.2) is 14.8 Å². The van der Waals surface area contributed by atoms with Gasteiger partial charge in [-0.1, -0.05) is 12.1 Å². The second-order valence-corrected chi connectivity index (χ2v) is 7.05. The molecule has 0 aliphatic heterocycles. The lowest BCUT2D eigenvalue weighted by Gasteiger charge is -2.36. The van der Waals surface area contributed by atoms with Gasteiger partial charge in [-0.15, -0.1) is 0 Å². The van der Waals surface area contributed by atoms with Gasteiger partial charge >= 0.3 is 5.97 Å². The maximum absolute atomic E-state index is 14.1. The lowest BCUT2D eigenvalue weighted by Crippen LogP contribution is -2.39. The number of carbonyl (C=O) groups is 1. The molecule has 0 spiro atoms. The van der Waals surface area contributed by atoms with Crippen LogP contribution in [0.25, 0.3) is 11.3 Å². The van der Waals surface area contributed by atoms with Gasteiger partial charge in [-0.3, -0.25) is 0 Å². The molecule has 0 saturated heterocycles. The van der Waals surface area contributed by atoms with E-state index in [-0.39, 0.29) is 17.0 Å². The van der Waals surface area contributed by atoms with E-state index in [0.29, 0.717) is 11.6 Å². The van der Waals surface area contributed by atoms with Crippen LogP contribution in [0.4, 0.5) is 20.4 Å². The number of carboxylic acids is 1. The Hall–Kier alpha value is -3.42. The lowest BCUT2D eigenvalue weighted by atomic mass is 10.1. The van der Waals surface area contributed by atoms with E-state index in [1.807, 2.05) is 20.8 Å². The number of hydrogen-bond acceptors (Lipinski definition) is 5. The van der Waals surface area contributed by atoms with Crippen molar-refractivity contribution in [3.8, 4) is 11.3 Å². The minimum absolute atomic E-state index is 0.0596. The number of halogens is 2. The predicted octanol–water partition coefficient (Wildman–Crippen LogP) is 4.45. The molecule has 8 heteroatoms. The number of pyridine rings is 3.